The minimum atomic E-state index is -3.03. The van der Waals surface area contributed by atoms with Crippen LogP contribution in [0.25, 0.3) is 0 Å². The van der Waals surface area contributed by atoms with Gasteiger partial charge < -0.3 is 10.1 Å². The topological polar surface area (TPSA) is 99.3 Å². The molecule has 1 aromatic heterocycles. The van der Waals surface area contributed by atoms with Gasteiger partial charge in [-0.05, 0) is 31.5 Å². The summed E-state index contributed by atoms with van der Waals surface area (Å²) < 4.78 is 30.4. The van der Waals surface area contributed by atoms with Crippen LogP contribution in [0.3, 0.4) is 0 Å². The second-order valence-electron chi connectivity index (χ2n) is 4.96. The molecule has 1 heterocycles. The van der Waals surface area contributed by atoms with Crippen LogP contribution < -0.4 is 10.1 Å². The molecule has 0 radical (unpaired) electrons. The first-order chi connectivity index (χ1) is 11.3. The molecule has 1 N–H and O–H groups in total. The van der Waals surface area contributed by atoms with Gasteiger partial charge in [-0.1, -0.05) is 6.07 Å². The maximum absolute atomic E-state index is 12.4. The smallest absolute Gasteiger partial charge is 0.387 e. The van der Waals surface area contributed by atoms with Crippen LogP contribution in [-0.2, 0) is 11.3 Å². The number of aromatic nitrogens is 2. The van der Waals surface area contributed by atoms with Gasteiger partial charge in [-0.25, -0.2) is 0 Å². The molecule has 0 atom stereocenters. The number of benzene rings is 1. The normalized spacial score (nSPS) is 10.7. The van der Waals surface area contributed by atoms with Crippen molar-refractivity contribution >= 4 is 17.3 Å². The third-order valence-corrected chi connectivity index (χ3v) is 3.19. The number of aryl methyl sites for hydroxylation is 1. The third-order valence-electron chi connectivity index (χ3n) is 3.19. The fourth-order valence-corrected chi connectivity index (χ4v) is 2.03. The van der Waals surface area contributed by atoms with E-state index in [-0.39, 0.29) is 29.4 Å². The predicted octanol–water partition coefficient (Wildman–Crippen LogP) is 2.65. The number of amides is 1. The molecule has 0 saturated heterocycles. The van der Waals surface area contributed by atoms with Crippen molar-refractivity contribution in [1.82, 2.24) is 9.78 Å². The molecule has 2 rings (SSSR count). The Bertz CT molecular complexity index is 776. The number of carbonyl (C=O) groups is 1. The fraction of sp³-hybridized carbons (Fsp3) is 0.286. The predicted molar refractivity (Wildman–Crippen MR) is 80.1 cm³/mol. The molecule has 1 amide bonds. The van der Waals surface area contributed by atoms with E-state index in [2.05, 4.69) is 15.2 Å². The number of anilines is 1. The molecule has 8 nitrogen and oxygen atoms in total. The summed E-state index contributed by atoms with van der Waals surface area (Å²) in [7, 11) is 0. The Hall–Kier alpha value is -3.04. The number of nitro groups is 1. The van der Waals surface area contributed by atoms with Crippen LogP contribution in [0.2, 0.25) is 0 Å². The molecule has 0 unspecified atom stereocenters. The van der Waals surface area contributed by atoms with Crippen molar-refractivity contribution in [3.05, 3.63) is 45.8 Å². The summed E-state index contributed by atoms with van der Waals surface area (Å²) in [4.78, 5) is 22.2. The van der Waals surface area contributed by atoms with Crippen molar-refractivity contribution in [3.8, 4) is 5.75 Å². The highest BCUT2D eigenvalue weighted by molar-refractivity contribution is 5.92. The van der Waals surface area contributed by atoms with E-state index in [9.17, 15) is 23.7 Å². The van der Waals surface area contributed by atoms with Crippen LogP contribution in [0.5, 0.6) is 5.75 Å². The quantitative estimate of drug-likeness (QED) is 0.644. The summed E-state index contributed by atoms with van der Waals surface area (Å²) in [5.41, 5.74) is 0.760. The fourth-order valence-electron chi connectivity index (χ4n) is 2.03. The van der Waals surface area contributed by atoms with E-state index in [1.165, 1.54) is 19.1 Å². The number of hydrogen-bond acceptors (Lipinski definition) is 5. The molecular formula is C14H14F2N4O4. The van der Waals surface area contributed by atoms with Crippen LogP contribution in [0.15, 0.2) is 24.4 Å². The van der Waals surface area contributed by atoms with E-state index >= 15 is 0 Å². The Morgan fingerprint density at radius 3 is 2.75 bits per heavy atom. The first-order valence-electron chi connectivity index (χ1n) is 6.80. The third kappa shape index (κ3) is 4.03. The molecule has 0 aliphatic heterocycles. The minimum absolute atomic E-state index is 0.0743. The van der Waals surface area contributed by atoms with Gasteiger partial charge in [0.05, 0.1) is 10.6 Å². The van der Waals surface area contributed by atoms with Gasteiger partial charge in [-0.3, -0.25) is 19.6 Å². The van der Waals surface area contributed by atoms with Crippen LogP contribution >= 0.6 is 0 Å². The number of alkyl halides is 2. The molecule has 0 spiro atoms. The largest absolute Gasteiger partial charge is 0.433 e. The van der Waals surface area contributed by atoms with Gasteiger partial charge in [-0.15, -0.1) is 0 Å². The molecule has 0 bridgehead atoms. The molecule has 2 aromatic rings. The highest BCUT2D eigenvalue weighted by Gasteiger charge is 2.19. The lowest BCUT2D eigenvalue weighted by Crippen LogP contribution is -2.21. The van der Waals surface area contributed by atoms with E-state index < -0.39 is 17.4 Å². The molecule has 1 aromatic carbocycles. The lowest BCUT2D eigenvalue weighted by atomic mass is 10.2. The van der Waals surface area contributed by atoms with E-state index in [1.54, 1.807) is 13.0 Å². The van der Waals surface area contributed by atoms with E-state index in [0.717, 1.165) is 10.9 Å². The van der Waals surface area contributed by atoms with Crippen molar-refractivity contribution in [3.63, 3.8) is 0 Å². The van der Waals surface area contributed by atoms with Gasteiger partial charge in [0.2, 0.25) is 5.91 Å². The van der Waals surface area contributed by atoms with Gasteiger partial charge in [0.1, 0.15) is 24.2 Å². The molecule has 128 valence electrons. The second kappa shape index (κ2) is 7.02. The van der Waals surface area contributed by atoms with Crippen LogP contribution in [-0.4, -0.2) is 27.2 Å². The standard InChI is InChI=1S/C14H14F2N4O4/c1-8-3-4-10(12(5-8)24-14(15)16)18-13(21)7-19-9(2)11(6-17-19)20(22)23/h3-6,14H,7H2,1-2H3,(H,18,21). The van der Waals surface area contributed by atoms with Gasteiger partial charge in [0.25, 0.3) is 0 Å². The number of carbonyl (C=O) groups excluding carboxylic acids is 1. The van der Waals surface area contributed by atoms with Crippen LogP contribution in [0.1, 0.15) is 11.3 Å². The molecular weight excluding hydrogens is 326 g/mol. The molecule has 0 aliphatic rings. The Labute approximate surface area is 135 Å². The average molecular weight is 340 g/mol. The Morgan fingerprint density at radius 2 is 2.17 bits per heavy atom. The highest BCUT2D eigenvalue weighted by Crippen LogP contribution is 2.27. The zero-order valence-corrected chi connectivity index (χ0v) is 12.8. The molecule has 10 heteroatoms. The van der Waals surface area contributed by atoms with Crippen molar-refractivity contribution in [2.45, 2.75) is 27.0 Å². The number of hydrogen-bond donors (Lipinski definition) is 1. The molecule has 0 saturated carbocycles. The van der Waals surface area contributed by atoms with Crippen molar-refractivity contribution in [2.75, 3.05) is 5.32 Å². The molecule has 24 heavy (non-hydrogen) atoms. The minimum Gasteiger partial charge on any atom is -0.433 e. The summed E-state index contributed by atoms with van der Waals surface area (Å²) in [6.07, 6.45) is 1.04. The number of rotatable bonds is 6. The lowest BCUT2D eigenvalue weighted by molar-refractivity contribution is -0.385. The zero-order valence-electron chi connectivity index (χ0n) is 12.8. The summed E-state index contributed by atoms with van der Waals surface area (Å²) in [6, 6.07) is 4.42. The maximum atomic E-state index is 12.4. The van der Waals surface area contributed by atoms with Crippen molar-refractivity contribution in [1.29, 1.82) is 0 Å². The SMILES string of the molecule is Cc1ccc(NC(=O)Cn2ncc([N+](=O)[O-])c2C)c(OC(F)F)c1. The van der Waals surface area contributed by atoms with E-state index in [0.29, 0.717) is 5.56 Å². The van der Waals surface area contributed by atoms with Crippen molar-refractivity contribution in [2.24, 2.45) is 0 Å². The lowest BCUT2D eigenvalue weighted by Gasteiger charge is -2.13. The summed E-state index contributed by atoms with van der Waals surface area (Å²) in [6.45, 7) is -0.188. The van der Waals surface area contributed by atoms with Crippen molar-refractivity contribution < 1.29 is 23.2 Å². The number of halogens is 2. The van der Waals surface area contributed by atoms with E-state index in [1.807, 2.05) is 0 Å². The molecule has 0 fully saturated rings. The van der Waals surface area contributed by atoms with Crippen LogP contribution in [0, 0.1) is 24.0 Å². The first kappa shape index (κ1) is 17.3. The van der Waals surface area contributed by atoms with Gasteiger partial charge >= 0.3 is 12.3 Å². The van der Waals surface area contributed by atoms with Gasteiger partial charge in [0, 0.05) is 0 Å². The Morgan fingerprint density at radius 1 is 1.46 bits per heavy atom. The number of nitrogens with zero attached hydrogens (tertiary/aromatic N) is 3. The van der Waals surface area contributed by atoms with E-state index in [4.69, 9.17) is 0 Å². The van der Waals surface area contributed by atoms with Gasteiger partial charge in [-0.2, -0.15) is 13.9 Å². The number of nitrogens with one attached hydrogen (secondary N) is 1. The Kier molecular flexibility index (Phi) is 5.07. The Balaban J connectivity index is 2.14. The maximum Gasteiger partial charge on any atom is 0.387 e. The summed E-state index contributed by atoms with van der Waals surface area (Å²) in [5.74, 6) is -0.749. The summed E-state index contributed by atoms with van der Waals surface area (Å²) in [5, 5.41) is 17.0. The first-order valence-corrected chi connectivity index (χ1v) is 6.80. The monoisotopic (exact) mass is 340 g/mol. The van der Waals surface area contributed by atoms with Crippen LogP contribution in [0.4, 0.5) is 20.2 Å². The average Bonchev–Trinajstić information content (AvgIpc) is 2.82. The van der Waals surface area contributed by atoms with Gasteiger partial charge in [0.15, 0.2) is 0 Å². The molecule has 0 aliphatic carbocycles. The zero-order chi connectivity index (χ0) is 17.9. The summed E-state index contributed by atoms with van der Waals surface area (Å²) >= 11 is 0. The number of ether oxygens (including phenoxy) is 1. The highest BCUT2D eigenvalue weighted by atomic mass is 19.3. The second-order valence-corrected chi connectivity index (χ2v) is 4.96.